The Balaban J connectivity index is 2.52. The Morgan fingerprint density at radius 1 is 1.59 bits per heavy atom. The number of anilines is 1. The smallest absolute Gasteiger partial charge is 0.255 e. The van der Waals surface area contributed by atoms with Gasteiger partial charge >= 0.3 is 0 Å². The second-order valence-corrected chi connectivity index (χ2v) is 3.70. The third-order valence-electron chi connectivity index (χ3n) is 2.51. The number of nitrogen functional groups attached to an aromatic ring is 1. The molecule has 0 aliphatic carbocycles. The second-order valence-electron chi connectivity index (χ2n) is 3.70. The first-order valence-electron chi connectivity index (χ1n) is 5.57. The number of carbonyl (C=O) groups excluding carboxylic acids is 1. The number of carbonyl (C=O) groups is 1. The van der Waals surface area contributed by atoms with Crippen LogP contribution < -0.4 is 16.6 Å². The third-order valence-corrected chi connectivity index (χ3v) is 2.51. The molecule has 4 N–H and O–H groups in total. The summed E-state index contributed by atoms with van der Waals surface area (Å²) in [6.45, 7) is 4.44. The zero-order valence-electron chi connectivity index (χ0n) is 10.2. The topological polar surface area (TPSA) is 83.3 Å². The number of hydrogen-bond acceptors (Lipinski definition) is 5. The molecule has 0 spiro atoms. The molecular weight excluding hydrogens is 218 g/mol. The summed E-state index contributed by atoms with van der Waals surface area (Å²) >= 11 is 0. The summed E-state index contributed by atoms with van der Waals surface area (Å²) in [5.41, 5.74) is 2.86. The number of pyridine rings is 1. The summed E-state index contributed by atoms with van der Waals surface area (Å²) < 4.78 is 0. The third kappa shape index (κ3) is 4.01. The largest absolute Gasteiger partial charge is 0.351 e. The highest BCUT2D eigenvalue weighted by Gasteiger charge is 2.10. The Morgan fingerprint density at radius 2 is 2.35 bits per heavy atom. The summed E-state index contributed by atoms with van der Waals surface area (Å²) in [6.07, 6.45) is 1.58. The lowest BCUT2D eigenvalue weighted by Crippen LogP contribution is -2.33. The average molecular weight is 237 g/mol. The van der Waals surface area contributed by atoms with Gasteiger partial charge in [-0.05, 0) is 25.7 Å². The Hall–Kier alpha value is -1.66. The van der Waals surface area contributed by atoms with E-state index in [1.54, 1.807) is 18.3 Å². The van der Waals surface area contributed by atoms with Gasteiger partial charge < -0.3 is 15.6 Å². The number of hydrogen-bond donors (Lipinski definition) is 3. The molecule has 6 nitrogen and oxygen atoms in total. The minimum absolute atomic E-state index is 0.171. The van der Waals surface area contributed by atoms with Gasteiger partial charge in [0.15, 0.2) is 5.82 Å². The Bertz CT molecular complexity index is 369. The van der Waals surface area contributed by atoms with Gasteiger partial charge in [0.05, 0.1) is 5.56 Å². The molecule has 0 saturated heterocycles. The fraction of sp³-hybridized carbons (Fsp3) is 0.455. The highest BCUT2D eigenvalue weighted by Crippen LogP contribution is 2.08. The SMILES string of the molecule is CCN(C)CCNC(=O)c1cccnc1NN. The van der Waals surface area contributed by atoms with Crippen molar-refractivity contribution in [3.63, 3.8) is 0 Å². The molecule has 94 valence electrons. The van der Waals surface area contributed by atoms with E-state index < -0.39 is 0 Å². The van der Waals surface area contributed by atoms with Crippen LogP contribution in [0, 0.1) is 0 Å². The van der Waals surface area contributed by atoms with Crippen molar-refractivity contribution in [3.8, 4) is 0 Å². The molecule has 0 bridgehead atoms. The lowest BCUT2D eigenvalue weighted by atomic mass is 10.2. The van der Waals surface area contributed by atoms with E-state index in [9.17, 15) is 4.79 Å². The number of hydrazine groups is 1. The van der Waals surface area contributed by atoms with Gasteiger partial charge in [-0.3, -0.25) is 4.79 Å². The van der Waals surface area contributed by atoms with Crippen LogP contribution in [0.3, 0.4) is 0 Å². The molecule has 6 heteroatoms. The van der Waals surface area contributed by atoms with Crippen LogP contribution in [-0.2, 0) is 0 Å². The summed E-state index contributed by atoms with van der Waals surface area (Å²) in [6, 6.07) is 3.38. The number of amides is 1. The van der Waals surface area contributed by atoms with E-state index in [1.807, 2.05) is 7.05 Å². The van der Waals surface area contributed by atoms with Gasteiger partial charge in [0, 0.05) is 19.3 Å². The van der Waals surface area contributed by atoms with Gasteiger partial charge in [-0.1, -0.05) is 6.92 Å². The van der Waals surface area contributed by atoms with E-state index in [4.69, 9.17) is 5.84 Å². The van der Waals surface area contributed by atoms with E-state index in [0.29, 0.717) is 17.9 Å². The fourth-order valence-corrected chi connectivity index (χ4v) is 1.32. The van der Waals surface area contributed by atoms with Gasteiger partial charge in [-0.15, -0.1) is 0 Å². The number of nitrogens with two attached hydrogens (primary N) is 1. The van der Waals surface area contributed by atoms with Crippen LogP contribution in [0.25, 0.3) is 0 Å². The number of rotatable bonds is 6. The van der Waals surface area contributed by atoms with E-state index in [-0.39, 0.29) is 5.91 Å². The van der Waals surface area contributed by atoms with Crippen LogP contribution in [0.1, 0.15) is 17.3 Å². The molecule has 0 fully saturated rings. The zero-order chi connectivity index (χ0) is 12.7. The molecule has 0 saturated carbocycles. The Labute approximate surface area is 101 Å². The maximum absolute atomic E-state index is 11.8. The lowest BCUT2D eigenvalue weighted by Gasteiger charge is -2.14. The molecular formula is C11H19N5O. The van der Waals surface area contributed by atoms with Crippen LogP contribution in [0.5, 0.6) is 0 Å². The van der Waals surface area contributed by atoms with E-state index in [1.165, 1.54) is 0 Å². The van der Waals surface area contributed by atoms with Crippen LogP contribution >= 0.6 is 0 Å². The molecule has 1 heterocycles. The molecule has 0 unspecified atom stereocenters. The van der Waals surface area contributed by atoms with Crippen molar-refractivity contribution >= 4 is 11.7 Å². The molecule has 1 aromatic rings. The summed E-state index contributed by atoms with van der Waals surface area (Å²) in [7, 11) is 2.00. The van der Waals surface area contributed by atoms with Crippen LogP contribution in [0.2, 0.25) is 0 Å². The summed E-state index contributed by atoms with van der Waals surface area (Å²) in [5.74, 6) is 5.50. The van der Waals surface area contributed by atoms with Gasteiger partial charge in [0.1, 0.15) is 0 Å². The quantitative estimate of drug-likeness (QED) is 0.481. The number of nitrogens with one attached hydrogen (secondary N) is 2. The van der Waals surface area contributed by atoms with Crippen molar-refractivity contribution in [2.45, 2.75) is 6.92 Å². The molecule has 0 aliphatic heterocycles. The first-order valence-corrected chi connectivity index (χ1v) is 5.57. The van der Waals surface area contributed by atoms with Crippen LogP contribution in [0.4, 0.5) is 5.82 Å². The minimum Gasteiger partial charge on any atom is -0.351 e. The van der Waals surface area contributed by atoms with Gasteiger partial charge in [-0.2, -0.15) is 0 Å². The molecule has 17 heavy (non-hydrogen) atoms. The Kier molecular flexibility index (Phi) is 5.38. The molecule has 0 radical (unpaired) electrons. The monoisotopic (exact) mass is 237 g/mol. The number of likely N-dealkylation sites (N-methyl/N-ethyl adjacent to an activating group) is 1. The molecule has 1 rings (SSSR count). The van der Waals surface area contributed by atoms with E-state index in [0.717, 1.165) is 13.1 Å². The Morgan fingerprint density at radius 3 is 3.00 bits per heavy atom. The average Bonchev–Trinajstić information content (AvgIpc) is 2.38. The fourth-order valence-electron chi connectivity index (χ4n) is 1.32. The predicted molar refractivity (Wildman–Crippen MR) is 67.6 cm³/mol. The maximum Gasteiger partial charge on any atom is 0.255 e. The van der Waals surface area contributed by atoms with E-state index >= 15 is 0 Å². The summed E-state index contributed by atoms with van der Waals surface area (Å²) in [5, 5.41) is 2.82. The molecule has 0 aromatic carbocycles. The van der Waals surface area contributed by atoms with Crippen molar-refractivity contribution in [1.82, 2.24) is 15.2 Å². The summed E-state index contributed by atoms with van der Waals surface area (Å²) in [4.78, 5) is 17.9. The molecule has 0 aliphatic rings. The van der Waals surface area contributed by atoms with Gasteiger partial charge in [-0.25, -0.2) is 10.8 Å². The molecule has 1 aromatic heterocycles. The van der Waals surface area contributed by atoms with E-state index in [2.05, 4.69) is 27.6 Å². The van der Waals surface area contributed by atoms with Crippen molar-refractivity contribution < 1.29 is 4.79 Å². The van der Waals surface area contributed by atoms with Crippen molar-refractivity contribution in [2.75, 3.05) is 32.1 Å². The lowest BCUT2D eigenvalue weighted by molar-refractivity contribution is 0.0950. The van der Waals surface area contributed by atoms with Crippen molar-refractivity contribution in [3.05, 3.63) is 23.9 Å². The predicted octanol–water partition coefficient (Wildman–Crippen LogP) is 0.0487. The normalized spacial score (nSPS) is 10.4. The van der Waals surface area contributed by atoms with Gasteiger partial charge in [0.25, 0.3) is 5.91 Å². The highest BCUT2D eigenvalue weighted by atomic mass is 16.1. The van der Waals surface area contributed by atoms with Crippen LogP contribution in [0.15, 0.2) is 18.3 Å². The first-order chi connectivity index (χ1) is 8.19. The van der Waals surface area contributed by atoms with Crippen LogP contribution in [-0.4, -0.2) is 42.5 Å². The molecule has 1 amide bonds. The molecule has 0 atom stereocenters. The minimum atomic E-state index is -0.171. The van der Waals surface area contributed by atoms with Crippen molar-refractivity contribution in [2.24, 2.45) is 5.84 Å². The van der Waals surface area contributed by atoms with Gasteiger partial charge in [0.2, 0.25) is 0 Å². The number of aromatic nitrogens is 1. The maximum atomic E-state index is 11.8. The highest BCUT2D eigenvalue weighted by molar-refractivity contribution is 5.98. The second kappa shape index (κ2) is 6.82. The number of nitrogens with zero attached hydrogens (tertiary/aromatic N) is 2. The van der Waals surface area contributed by atoms with Crippen molar-refractivity contribution in [1.29, 1.82) is 0 Å². The standard InChI is InChI=1S/C11H19N5O/c1-3-16(2)8-7-14-11(17)9-5-4-6-13-10(9)15-12/h4-6H,3,7-8,12H2,1-2H3,(H,13,15)(H,14,17). The first kappa shape index (κ1) is 13.4. The zero-order valence-corrected chi connectivity index (χ0v) is 10.2.